The van der Waals surface area contributed by atoms with Gasteiger partial charge in [0, 0.05) is 11.1 Å². The third kappa shape index (κ3) is 2.55. The SMILES string of the molecule is CC1=Nn2c(nnc2-c2ccccc2)S[C@H]1C(=O)c1ccccc1. The van der Waals surface area contributed by atoms with Crippen LogP contribution in [-0.4, -0.2) is 31.6 Å². The Balaban J connectivity index is 1.70. The smallest absolute Gasteiger partial charge is 0.213 e. The van der Waals surface area contributed by atoms with E-state index in [0.29, 0.717) is 16.5 Å². The maximum Gasteiger partial charge on any atom is 0.213 e. The summed E-state index contributed by atoms with van der Waals surface area (Å²) >= 11 is 1.39. The molecule has 0 fully saturated rings. The molecule has 0 radical (unpaired) electrons. The third-order valence-electron chi connectivity index (χ3n) is 3.80. The van der Waals surface area contributed by atoms with Crippen LogP contribution in [0, 0.1) is 0 Å². The lowest BCUT2D eigenvalue weighted by Crippen LogP contribution is -2.29. The van der Waals surface area contributed by atoms with Crippen molar-refractivity contribution in [3.8, 4) is 11.4 Å². The van der Waals surface area contributed by atoms with Crippen molar-refractivity contribution >= 4 is 23.3 Å². The first-order valence-electron chi connectivity index (χ1n) is 7.56. The zero-order chi connectivity index (χ0) is 16.5. The zero-order valence-electron chi connectivity index (χ0n) is 13.0. The molecule has 2 aromatic carbocycles. The molecule has 118 valence electrons. The van der Waals surface area contributed by atoms with E-state index in [4.69, 9.17) is 0 Å². The first kappa shape index (κ1) is 14.8. The summed E-state index contributed by atoms with van der Waals surface area (Å²) in [5.74, 6) is 0.723. The number of carbonyl (C=O) groups excluding carboxylic acids is 1. The van der Waals surface area contributed by atoms with Crippen LogP contribution in [0.3, 0.4) is 0 Å². The topological polar surface area (TPSA) is 60.1 Å². The second kappa shape index (κ2) is 6.05. The molecule has 1 aliphatic heterocycles. The lowest BCUT2D eigenvalue weighted by atomic mass is 10.1. The van der Waals surface area contributed by atoms with E-state index in [1.807, 2.05) is 67.6 Å². The molecule has 24 heavy (non-hydrogen) atoms. The molecule has 4 rings (SSSR count). The van der Waals surface area contributed by atoms with Crippen LogP contribution in [-0.2, 0) is 0 Å². The minimum Gasteiger partial charge on any atom is -0.292 e. The molecule has 1 aromatic heterocycles. The van der Waals surface area contributed by atoms with Crippen LogP contribution in [0.25, 0.3) is 11.4 Å². The van der Waals surface area contributed by atoms with Gasteiger partial charge in [0.2, 0.25) is 5.16 Å². The Morgan fingerprint density at radius 2 is 1.67 bits per heavy atom. The Kier molecular flexibility index (Phi) is 3.74. The maximum atomic E-state index is 12.7. The summed E-state index contributed by atoms with van der Waals surface area (Å²) in [7, 11) is 0. The molecule has 6 heteroatoms. The van der Waals surface area contributed by atoms with Crippen molar-refractivity contribution in [2.75, 3.05) is 0 Å². The number of ketones is 1. The van der Waals surface area contributed by atoms with Gasteiger partial charge in [-0.3, -0.25) is 4.79 Å². The molecule has 5 nitrogen and oxygen atoms in total. The van der Waals surface area contributed by atoms with Crippen molar-refractivity contribution < 1.29 is 4.79 Å². The van der Waals surface area contributed by atoms with Gasteiger partial charge in [0.1, 0.15) is 5.25 Å². The van der Waals surface area contributed by atoms with E-state index in [1.165, 1.54) is 11.8 Å². The van der Waals surface area contributed by atoms with Gasteiger partial charge in [-0.15, -0.1) is 10.2 Å². The number of thioether (sulfide) groups is 1. The fourth-order valence-corrected chi connectivity index (χ4v) is 3.58. The lowest BCUT2D eigenvalue weighted by Gasteiger charge is -2.19. The van der Waals surface area contributed by atoms with E-state index in [-0.39, 0.29) is 11.0 Å². The lowest BCUT2D eigenvalue weighted by molar-refractivity contribution is 0.100. The van der Waals surface area contributed by atoms with Crippen molar-refractivity contribution in [2.24, 2.45) is 5.10 Å². The van der Waals surface area contributed by atoms with Gasteiger partial charge in [0.15, 0.2) is 11.6 Å². The van der Waals surface area contributed by atoms with Crippen LogP contribution in [0.5, 0.6) is 0 Å². The van der Waals surface area contributed by atoms with Gasteiger partial charge in [-0.05, 0) is 6.92 Å². The van der Waals surface area contributed by atoms with Gasteiger partial charge in [0.05, 0.1) is 5.71 Å². The number of hydrogen-bond acceptors (Lipinski definition) is 5. The summed E-state index contributed by atoms with van der Waals surface area (Å²) in [5.41, 5.74) is 2.38. The van der Waals surface area contributed by atoms with Crippen LogP contribution in [0.15, 0.2) is 70.9 Å². The van der Waals surface area contributed by atoms with E-state index in [9.17, 15) is 4.79 Å². The highest BCUT2D eigenvalue weighted by Gasteiger charge is 2.31. The fraction of sp³-hybridized carbons (Fsp3) is 0.111. The summed E-state index contributed by atoms with van der Waals surface area (Å²) in [6.07, 6.45) is 0. The molecule has 0 aliphatic carbocycles. The number of hydrogen-bond donors (Lipinski definition) is 0. The standard InChI is InChI=1S/C18H14N4OS/c1-12-16(15(23)13-8-4-2-5-9-13)24-18-20-19-17(22(18)21-12)14-10-6-3-7-11-14/h2-11,16H,1H3/t16-/m1/s1. The summed E-state index contributed by atoms with van der Waals surface area (Å²) in [5, 5.41) is 13.3. The van der Waals surface area contributed by atoms with Gasteiger partial charge in [-0.2, -0.15) is 9.78 Å². The van der Waals surface area contributed by atoms with E-state index in [1.54, 1.807) is 4.68 Å². The van der Waals surface area contributed by atoms with E-state index in [2.05, 4.69) is 15.3 Å². The predicted molar refractivity (Wildman–Crippen MR) is 94.4 cm³/mol. The number of rotatable bonds is 3. The highest BCUT2D eigenvalue weighted by Crippen LogP contribution is 2.32. The second-order valence-corrected chi connectivity index (χ2v) is 6.53. The van der Waals surface area contributed by atoms with Crippen molar-refractivity contribution in [3.05, 3.63) is 66.2 Å². The molecule has 0 unspecified atom stereocenters. The molecule has 0 spiro atoms. The molecule has 1 aliphatic rings. The normalized spacial score (nSPS) is 16.4. The molecular weight excluding hydrogens is 320 g/mol. The Morgan fingerprint density at radius 3 is 2.38 bits per heavy atom. The van der Waals surface area contributed by atoms with Crippen LogP contribution in [0.2, 0.25) is 0 Å². The molecule has 0 saturated carbocycles. The van der Waals surface area contributed by atoms with Gasteiger partial charge >= 0.3 is 0 Å². The summed E-state index contributed by atoms with van der Waals surface area (Å²) in [6, 6.07) is 19.1. The summed E-state index contributed by atoms with van der Waals surface area (Å²) in [4.78, 5) is 12.7. The van der Waals surface area contributed by atoms with E-state index in [0.717, 1.165) is 11.3 Å². The van der Waals surface area contributed by atoms with Crippen LogP contribution < -0.4 is 0 Å². The zero-order valence-corrected chi connectivity index (χ0v) is 13.8. The minimum absolute atomic E-state index is 0.0392. The van der Waals surface area contributed by atoms with Gasteiger partial charge < -0.3 is 0 Å². The Hall–Kier alpha value is -2.73. The largest absolute Gasteiger partial charge is 0.292 e. The quantitative estimate of drug-likeness (QED) is 0.688. The van der Waals surface area contributed by atoms with E-state index < -0.39 is 0 Å². The number of Topliss-reactive ketones (excluding diaryl/α,β-unsaturated/α-hetero) is 1. The molecule has 1 atom stereocenters. The average Bonchev–Trinajstić information content (AvgIpc) is 3.04. The Morgan fingerprint density at radius 1 is 1.00 bits per heavy atom. The van der Waals surface area contributed by atoms with Gasteiger partial charge in [0.25, 0.3) is 0 Å². The van der Waals surface area contributed by atoms with Crippen LogP contribution in [0.4, 0.5) is 0 Å². The molecular formula is C18H14N4OS. The number of aromatic nitrogens is 3. The first-order valence-corrected chi connectivity index (χ1v) is 8.44. The maximum absolute atomic E-state index is 12.7. The Labute approximate surface area is 143 Å². The van der Waals surface area contributed by atoms with Gasteiger partial charge in [-0.1, -0.05) is 72.4 Å². The predicted octanol–water partition coefficient (Wildman–Crippen LogP) is 3.53. The number of carbonyl (C=O) groups is 1. The van der Waals surface area contributed by atoms with Gasteiger partial charge in [-0.25, -0.2) is 0 Å². The molecule has 0 N–H and O–H groups in total. The number of benzene rings is 2. The first-order chi connectivity index (χ1) is 11.7. The molecule has 3 aromatic rings. The number of fused-ring (bicyclic) bond motifs is 1. The molecule has 0 amide bonds. The van der Waals surface area contributed by atoms with Crippen LogP contribution >= 0.6 is 11.8 Å². The monoisotopic (exact) mass is 334 g/mol. The van der Waals surface area contributed by atoms with Crippen molar-refractivity contribution in [1.29, 1.82) is 0 Å². The third-order valence-corrected chi connectivity index (χ3v) is 5.06. The molecule has 0 bridgehead atoms. The highest BCUT2D eigenvalue weighted by molar-refractivity contribution is 8.01. The van der Waals surface area contributed by atoms with E-state index >= 15 is 0 Å². The summed E-state index contributed by atoms with van der Waals surface area (Å²) < 4.78 is 1.71. The molecule has 2 heterocycles. The van der Waals surface area contributed by atoms with Crippen molar-refractivity contribution in [3.63, 3.8) is 0 Å². The van der Waals surface area contributed by atoms with Crippen LogP contribution in [0.1, 0.15) is 17.3 Å². The van der Waals surface area contributed by atoms with Crippen molar-refractivity contribution in [2.45, 2.75) is 17.3 Å². The fourth-order valence-electron chi connectivity index (χ4n) is 2.59. The number of nitrogens with zero attached hydrogens (tertiary/aromatic N) is 4. The highest BCUT2D eigenvalue weighted by atomic mass is 32.2. The molecule has 0 saturated heterocycles. The average molecular weight is 334 g/mol. The summed E-state index contributed by atoms with van der Waals surface area (Å²) in [6.45, 7) is 1.87. The minimum atomic E-state index is -0.368. The van der Waals surface area contributed by atoms with Crippen molar-refractivity contribution in [1.82, 2.24) is 14.9 Å². The second-order valence-electron chi connectivity index (χ2n) is 5.45. The Bertz CT molecular complexity index is 919.